The maximum Gasteiger partial charge on any atom is 0.0491 e. The Balaban J connectivity index is 2.27. The van der Waals surface area contributed by atoms with Gasteiger partial charge in [-0.2, -0.15) is 0 Å². The van der Waals surface area contributed by atoms with Gasteiger partial charge in [-0.3, -0.25) is 0 Å². The molecule has 1 fully saturated rings. The standard InChI is InChI=1S/C9H19NO/c1-11-7-8-4-2-3-5-9(10)6-8/h8-9H,2-7,10H2,1H3. The summed E-state index contributed by atoms with van der Waals surface area (Å²) in [5.74, 6) is 0.720. The summed E-state index contributed by atoms with van der Waals surface area (Å²) in [5.41, 5.74) is 5.90. The zero-order valence-electron chi connectivity index (χ0n) is 7.38. The molecule has 0 saturated heterocycles. The molecule has 1 saturated carbocycles. The van der Waals surface area contributed by atoms with E-state index < -0.39 is 0 Å². The van der Waals surface area contributed by atoms with E-state index in [0.29, 0.717) is 6.04 Å². The molecule has 2 heteroatoms. The minimum Gasteiger partial charge on any atom is -0.384 e. The van der Waals surface area contributed by atoms with Gasteiger partial charge in [-0.25, -0.2) is 0 Å². The minimum atomic E-state index is 0.428. The molecule has 0 radical (unpaired) electrons. The molecule has 1 aliphatic rings. The van der Waals surface area contributed by atoms with E-state index in [1.807, 2.05) is 0 Å². The van der Waals surface area contributed by atoms with Crippen molar-refractivity contribution in [3.8, 4) is 0 Å². The van der Waals surface area contributed by atoms with Gasteiger partial charge < -0.3 is 10.5 Å². The molecule has 2 unspecified atom stereocenters. The van der Waals surface area contributed by atoms with Crippen LogP contribution >= 0.6 is 0 Å². The van der Waals surface area contributed by atoms with Crippen LogP contribution in [0.4, 0.5) is 0 Å². The van der Waals surface area contributed by atoms with Gasteiger partial charge in [0.15, 0.2) is 0 Å². The Morgan fingerprint density at radius 1 is 1.36 bits per heavy atom. The van der Waals surface area contributed by atoms with Crippen molar-refractivity contribution in [1.82, 2.24) is 0 Å². The summed E-state index contributed by atoms with van der Waals surface area (Å²) in [4.78, 5) is 0. The van der Waals surface area contributed by atoms with Crippen molar-refractivity contribution in [3.63, 3.8) is 0 Å². The molecule has 1 aliphatic carbocycles. The smallest absolute Gasteiger partial charge is 0.0491 e. The van der Waals surface area contributed by atoms with Crippen molar-refractivity contribution in [1.29, 1.82) is 0 Å². The van der Waals surface area contributed by atoms with Crippen LogP contribution in [0, 0.1) is 5.92 Å². The largest absolute Gasteiger partial charge is 0.384 e. The van der Waals surface area contributed by atoms with E-state index >= 15 is 0 Å². The van der Waals surface area contributed by atoms with Gasteiger partial charge in [-0.05, 0) is 25.2 Å². The van der Waals surface area contributed by atoms with Crippen molar-refractivity contribution < 1.29 is 4.74 Å². The molecule has 0 amide bonds. The topological polar surface area (TPSA) is 35.2 Å². The highest BCUT2D eigenvalue weighted by atomic mass is 16.5. The first-order chi connectivity index (χ1) is 5.33. The predicted octanol–water partition coefficient (Wildman–Crippen LogP) is 1.54. The Kier molecular flexibility index (Phi) is 3.87. The summed E-state index contributed by atoms with van der Waals surface area (Å²) < 4.78 is 5.13. The van der Waals surface area contributed by atoms with E-state index in [1.165, 1.54) is 25.7 Å². The third-order valence-corrected chi connectivity index (χ3v) is 2.48. The third kappa shape index (κ3) is 3.21. The second-order valence-electron chi connectivity index (χ2n) is 3.60. The maximum absolute atomic E-state index is 5.90. The molecule has 1 rings (SSSR count). The zero-order chi connectivity index (χ0) is 8.10. The average Bonchev–Trinajstić information content (AvgIpc) is 2.15. The lowest BCUT2D eigenvalue weighted by atomic mass is 10.00. The molecule has 0 aromatic carbocycles. The van der Waals surface area contributed by atoms with E-state index in [0.717, 1.165) is 18.9 Å². The fraction of sp³-hybridized carbons (Fsp3) is 1.00. The fourth-order valence-corrected chi connectivity index (χ4v) is 1.89. The van der Waals surface area contributed by atoms with E-state index in [4.69, 9.17) is 10.5 Å². The van der Waals surface area contributed by atoms with Crippen molar-refractivity contribution in [3.05, 3.63) is 0 Å². The van der Waals surface area contributed by atoms with Gasteiger partial charge in [0.1, 0.15) is 0 Å². The Hall–Kier alpha value is -0.0800. The lowest BCUT2D eigenvalue weighted by Crippen LogP contribution is -2.23. The predicted molar refractivity (Wildman–Crippen MR) is 46.4 cm³/mol. The minimum absolute atomic E-state index is 0.428. The normalized spacial score (nSPS) is 33.3. The number of methoxy groups -OCH3 is 1. The Morgan fingerprint density at radius 3 is 2.82 bits per heavy atom. The monoisotopic (exact) mass is 157 g/mol. The van der Waals surface area contributed by atoms with Crippen LogP contribution in [0.3, 0.4) is 0 Å². The molecule has 0 heterocycles. The number of hydrogen-bond donors (Lipinski definition) is 1. The molecule has 2 nitrogen and oxygen atoms in total. The molecule has 2 N–H and O–H groups in total. The number of rotatable bonds is 2. The Morgan fingerprint density at radius 2 is 2.09 bits per heavy atom. The van der Waals surface area contributed by atoms with Crippen LogP contribution in [0.15, 0.2) is 0 Å². The van der Waals surface area contributed by atoms with Gasteiger partial charge in [0, 0.05) is 19.8 Å². The van der Waals surface area contributed by atoms with Crippen LogP contribution in [0.1, 0.15) is 32.1 Å². The first kappa shape index (κ1) is 9.01. The highest BCUT2D eigenvalue weighted by molar-refractivity contribution is 4.72. The van der Waals surface area contributed by atoms with Crippen molar-refractivity contribution in [2.75, 3.05) is 13.7 Å². The quantitative estimate of drug-likeness (QED) is 0.617. The first-order valence-electron chi connectivity index (χ1n) is 4.57. The molecule has 0 aromatic rings. The first-order valence-corrected chi connectivity index (χ1v) is 4.57. The molecular formula is C9H19NO. The summed E-state index contributed by atoms with van der Waals surface area (Å²) in [6, 6.07) is 0.428. The lowest BCUT2D eigenvalue weighted by Gasteiger charge is -2.15. The van der Waals surface area contributed by atoms with Crippen molar-refractivity contribution in [2.24, 2.45) is 11.7 Å². The van der Waals surface area contributed by atoms with Gasteiger partial charge >= 0.3 is 0 Å². The SMILES string of the molecule is COCC1CCCCC(N)C1. The van der Waals surface area contributed by atoms with E-state index in [1.54, 1.807) is 7.11 Å². The third-order valence-electron chi connectivity index (χ3n) is 2.48. The molecule has 11 heavy (non-hydrogen) atoms. The van der Waals surface area contributed by atoms with Crippen LogP contribution < -0.4 is 5.73 Å². The zero-order valence-corrected chi connectivity index (χ0v) is 7.38. The maximum atomic E-state index is 5.90. The molecular weight excluding hydrogens is 138 g/mol. The molecule has 0 bridgehead atoms. The highest BCUT2D eigenvalue weighted by Gasteiger charge is 2.16. The highest BCUT2D eigenvalue weighted by Crippen LogP contribution is 2.22. The van der Waals surface area contributed by atoms with Crippen LogP contribution in [0.5, 0.6) is 0 Å². The van der Waals surface area contributed by atoms with E-state index in [2.05, 4.69) is 0 Å². The Bertz CT molecular complexity index is 106. The molecule has 2 atom stereocenters. The number of hydrogen-bond acceptors (Lipinski definition) is 2. The lowest BCUT2D eigenvalue weighted by molar-refractivity contribution is 0.142. The van der Waals surface area contributed by atoms with Crippen LogP contribution in [0.2, 0.25) is 0 Å². The number of nitrogens with two attached hydrogens (primary N) is 1. The van der Waals surface area contributed by atoms with Crippen LogP contribution in [-0.2, 0) is 4.74 Å². The average molecular weight is 157 g/mol. The van der Waals surface area contributed by atoms with Gasteiger partial charge in [0.2, 0.25) is 0 Å². The second-order valence-corrected chi connectivity index (χ2v) is 3.60. The summed E-state index contributed by atoms with van der Waals surface area (Å²) in [5, 5.41) is 0. The summed E-state index contributed by atoms with van der Waals surface area (Å²) in [6.07, 6.45) is 6.32. The number of ether oxygens (including phenoxy) is 1. The molecule has 0 aromatic heterocycles. The van der Waals surface area contributed by atoms with Crippen LogP contribution in [-0.4, -0.2) is 19.8 Å². The Labute approximate surface area is 69.1 Å². The van der Waals surface area contributed by atoms with Crippen molar-refractivity contribution >= 4 is 0 Å². The van der Waals surface area contributed by atoms with E-state index in [-0.39, 0.29) is 0 Å². The molecule has 66 valence electrons. The van der Waals surface area contributed by atoms with Gasteiger partial charge in [0.05, 0.1) is 0 Å². The van der Waals surface area contributed by atoms with Gasteiger partial charge in [-0.15, -0.1) is 0 Å². The summed E-state index contributed by atoms with van der Waals surface area (Å²) >= 11 is 0. The second kappa shape index (κ2) is 4.73. The van der Waals surface area contributed by atoms with Crippen LogP contribution in [0.25, 0.3) is 0 Å². The van der Waals surface area contributed by atoms with E-state index in [9.17, 15) is 0 Å². The van der Waals surface area contributed by atoms with Gasteiger partial charge in [0.25, 0.3) is 0 Å². The summed E-state index contributed by atoms with van der Waals surface area (Å²) in [7, 11) is 1.77. The van der Waals surface area contributed by atoms with Crippen molar-refractivity contribution in [2.45, 2.75) is 38.1 Å². The summed E-state index contributed by atoms with van der Waals surface area (Å²) in [6.45, 7) is 0.897. The molecule has 0 spiro atoms. The van der Waals surface area contributed by atoms with Gasteiger partial charge in [-0.1, -0.05) is 12.8 Å². The fourth-order valence-electron chi connectivity index (χ4n) is 1.89. The molecule has 0 aliphatic heterocycles.